The number of hydrogen-bond acceptors (Lipinski definition) is 6. The van der Waals surface area contributed by atoms with Crippen LogP contribution in [0.4, 0.5) is 0 Å². The van der Waals surface area contributed by atoms with E-state index in [0.717, 1.165) is 22.3 Å². The maximum absolute atomic E-state index is 12.1. The van der Waals surface area contributed by atoms with Crippen LogP contribution in [0.2, 0.25) is 0 Å². The Morgan fingerprint density at radius 2 is 1.72 bits per heavy atom. The van der Waals surface area contributed by atoms with E-state index < -0.39 is 0 Å². The molecule has 0 spiro atoms. The number of amides is 1. The average molecular weight is 434 g/mol. The molecule has 32 heavy (non-hydrogen) atoms. The van der Waals surface area contributed by atoms with Gasteiger partial charge in [-0.1, -0.05) is 24.3 Å². The van der Waals surface area contributed by atoms with Crippen LogP contribution in [0.5, 0.6) is 5.75 Å². The summed E-state index contributed by atoms with van der Waals surface area (Å²) in [6, 6.07) is 14.4. The molecule has 0 bridgehead atoms. The molecule has 0 radical (unpaired) electrons. The van der Waals surface area contributed by atoms with Crippen molar-refractivity contribution in [2.24, 2.45) is 5.10 Å². The summed E-state index contributed by atoms with van der Waals surface area (Å²) < 4.78 is 16.4. The maximum atomic E-state index is 12.1. The number of hydrogen-bond donors (Lipinski definition) is 1. The lowest BCUT2D eigenvalue weighted by atomic mass is 10.1. The molecule has 0 unspecified atom stereocenters. The summed E-state index contributed by atoms with van der Waals surface area (Å²) in [6.07, 6.45) is 1.41. The van der Waals surface area contributed by atoms with E-state index in [1.807, 2.05) is 32.9 Å². The molecular weight excluding hydrogens is 408 g/mol. The third-order valence-electron chi connectivity index (χ3n) is 4.91. The smallest absolute Gasteiger partial charge is 0.338 e. The predicted octanol–water partition coefficient (Wildman–Crippen LogP) is 4.58. The minimum absolute atomic E-state index is 0.140. The van der Waals surface area contributed by atoms with Crippen molar-refractivity contribution >= 4 is 18.1 Å². The monoisotopic (exact) mass is 434 g/mol. The normalized spacial score (nSPS) is 10.9. The van der Waals surface area contributed by atoms with Crippen LogP contribution in [0.15, 0.2) is 58.0 Å². The van der Waals surface area contributed by atoms with Crippen LogP contribution in [0.25, 0.3) is 11.3 Å². The van der Waals surface area contributed by atoms with Gasteiger partial charge in [0.15, 0.2) is 6.61 Å². The summed E-state index contributed by atoms with van der Waals surface area (Å²) >= 11 is 0. The van der Waals surface area contributed by atoms with Gasteiger partial charge in [-0.15, -0.1) is 0 Å². The van der Waals surface area contributed by atoms with Crippen molar-refractivity contribution in [1.82, 2.24) is 5.43 Å². The zero-order valence-corrected chi connectivity index (χ0v) is 18.6. The minimum atomic E-state index is -0.372. The summed E-state index contributed by atoms with van der Waals surface area (Å²) in [7, 11) is 0. The van der Waals surface area contributed by atoms with Crippen molar-refractivity contribution in [3.63, 3.8) is 0 Å². The molecular formula is C25H26N2O5. The third kappa shape index (κ3) is 5.63. The summed E-state index contributed by atoms with van der Waals surface area (Å²) in [5.74, 6) is 1.07. The lowest BCUT2D eigenvalue weighted by Gasteiger charge is -2.13. The molecule has 0 saturated heterocycles. The molecule has 1 aromatic heterocycles. The van der Waals surface area contributed by atoms with Gasteiger partial charge in [0, 0.05) is 5.56 Å². The molecule has 7 heteroatoms. The molecule has 0 fully saturated rings. The maximum Gasteiger partial charge on any atom is 0.338 e. The highest BCUT2D eigenvalue weighted by atomic mass is 16.5. The molecule has 166 valence electrons. The van der Waals surface area contributed by atoms with Crippen molar-refractivity contribution in [2.75, 3.05) is 13.2 Å². The molecule has 1 N–H and O–H groups in total. The summed E-state index contributed by atoms with van der Waals surface area (Å²) in [5, 5.41) is 3.92. The van der Waals surface area contributed by atoms with E-state index in [0.29, 0.717) is 29.4 Å². The Morgan fingerprint density at radius 3 is 2.44 bits per heavy atom. The fourth-order valence-corrected chi connectivity index (χ4v) is 3.05. The molecule has 0 saturated carbocycles. The Hall–Kier alpha value is -3.87. The Morgan fingerprint density at radius 1 is 1.00 bits per heavy atom. The SMILES string of the molecule is CCOC(=O)c1ccc(-c2ccc(C=NNC(=O)COc3c(C)ccc(C)c3C)o2)cc1. The standard InChI is InChI=1S/C25H26N2O5/c1-5-30-25(29)20-10-8-19(9-11-20)22-13-12-21(32-22)14-26-27-23(28)15-31-24-17(3)7-6-16(2)18(24)4/h6-14H,5,15H2,1-4H3,(H,27,28). The van der Waals surface area contributed by atoms with Crippen LogP contribution in [0.3, 0.4) is 0 Å². The highest BCUT2D eigenvalue weighted by Crippen LogP contribution is 2.25. The molecule has 0 aliphatic heterocycles. The molecule has 0 atom stereocenters. The second-order valence-corrected chi connectivity index (χ2v) is 7.24. The second-order valence-electron chi connectivity index (χ2n) is 7.24. The average Bonchev–Trinajstić information content (AvgIpc) is 3.25. The first-order valence-corrected chi connectivity index (χ1v) is 10.3. The summed E-state index contributed by atoms with van der Waals surface area (Å²) in [4.78, 5) is 23.8. The number of carbonyl (C=O) groups is 2. The van der Waals surface area contributed by atoms with E-state index in [4.69, 9.17) is 13.9 Å². The Balaban J connectivity index is 1.54. The van der Waals surface area contributed by atoms with Gasteiger partial charge >= 0.3 is 5.97 Å². The highest BCUT2D eigenvalue weighted by molar-refractivity contribution is 5.90. The van der Waals surface area contributed by atoms with Crippen LogP contribution >= 0.6 is 0 Å². The molecule has 0 aliphatic rings. The Labute approximate surface area is 187 Å². The number of ether oxygens (including phenoxy) is 2. The minimum Gasteiger partial charge on any atom is -0.483 e. The second kappa shape index (κ2) is 10.4. The number of furan rings is 1. The molecule has 1 heterocycles. The third-order valence-corrected chi connectivity index (χ3v) is 4.91. The van der Waals surface area contributed by atoms with Gasteiger partial charge < -0.3 is 13.9 Å². The Kier molecular flexibility index (Phi) is 7.44. The van der Waals surface area contributed by atoms with Gasteiger partial charge in [-0.2, -0.15) is 5.10 Å². The number of nitrogens with one attached hydrogen (secondary N) is 1. The van der Waals surface area contributed by atoms with E-state index in [2.05, 4.69) is 10.5 Å². The lowest BCUT2D eigenvalue weighted by Crippen LogP contribution is -2.25. The molecule has 0 aliphatic carbocycles. The van der Waals surface area contributed by atoms with E-state index in [1.165, 1.54) is 6.21 Å². The zero-order chi connectivity index (χ0) is 23.1. The number of esters is 1. The van der Waals surface area contributed by atoms with Crippen molar-refractivity contribution in [3.05, 3.63) is 76.5 Å². The van der Waals surface area contributed by atoms with Gasteiger partial charge in [0.05, 0.1) is 18.4 Å². The number of carbonyl (C=O) groups excluding carboxylic acids is 2. The highest BCUT2D eigenvalue weighted by Gasteiger charge is 2.10. The van der Waals surface area contributed by atoms with Crippen molar-refractivity contribution < 1.29 is 23.5 Å². The van der Waals surface area contributed by atoms with Crippen LogP contribution in [0.1, 0.15) is 39.7 Å². The van der Waals surface area contributed by atoms with Gasteiger partial charge in [0.2, 0.25) is 0 Å². The van der Waals surface area contributed by atoms with E-state index in [9.17, 15) is 9.59 Å². The number of hydrazone groups is 1. The van der Waals surface area contributed by atoms with E-state index >= 15 is 0 Å². The van der Waals surface area contributed by atoms with Gasteiger partial charge in [-0.05, 0) is 68.7 Å². The van der Waals surface area contributed by atoms with Crippen LogP contribution in [0, 0.1) is 20.8 Å². The van der Waals surface area contributed by atoms with Gasteiger partial charge in [0.1, 0.15) is 17.3 Å². The van der Waals surface area contributed by atoms with Crippen LogP contribution in [-0.2, 0) is 9.53 Å². The fraction of sp³-hybridized carbons (Fsp3) is 0.240. The zero-order valence-electron chi connectivity index (χ0n) is 18.6. The van der Waals surface area contributed by atoms with Crippen molar-refractivity contribution in [1.29, 1.82) is 0 Å². The summed E-state index contributed by atoms with van der Waals surface area (Å²) in [6.45, 7) is 7.86. The van der Waals surface area contributed by atoms with Gasteiger partial charge in [0.25, 0.3) is 5.91 Å². The Bertz CT molecular complexity index is 1130. The lowest BCUT2D eigenvalue weighted by molar-refractivity contribution is -0.123. The molecule has 7 nitrogen and oxygen atoms in total. The number of rotatable bonds is 8. The topological polar surface area (TPSA) is 90.1 Å². The molecule has 3 aromatic rings. The fourth-order valence-electron chi connectivity index (χ4n) is 3.05. The van der Waals surface area contributed by atoms with Crippen LogP contribution < -0.4 is 10.2 Å². The largest absolute Gasteiger partial charge is 0.483 e. The molecule has 2 aromatic carbocycles. The van der Waals surface area contributed by atoms with Crippen LogP contribution in [-0.4, -0.2) is 31.3 Å². The molecule has 3 rings (SSSR count). The predicted molar refractivity (Wildman–Crippen MR) is 122 cm³/mol. The van der Waals surface area contributed by atoms with E-state index in [-0.39, 0.29) is 18.5 Å². The van der Waals surface area contributed by atoms with E-state index in [1.54, 1.807) is 43.3 Å². The number of benzene rings is 2. The first-order chi connectivity index (χ1) is 15.4. The quantitative estimate of drug-likeness (QED) is 0.318. The first kappa shape index (κ1) is 22.8. The number of nitrogens with zero attached hydrogens (tertiary/aromatic N) is 1. The van der Waals surface area contributed by atoms with Gasteiger partial charge in [-0.25, -0.2) is 10.2 Å². The molecule has 1 amide bonds. The number of aryl methyl sites for hydroxylation is 2. The van der Waals surface area contributed by atoms with Gasteiger partial charge in [-0.3, -0.25) is 4.79 Å². The summed E-state index contributed by atoms with van der Waals surface area (Å²) in [5.41, 5.74) is 6.80. The van der Waals surface area contributed by atoms with Crippen molar-refractivity contribution in [2.45, 2.75) is 27.7 Å². The first-order valence-electron chi connectivity index (χ1n) is 10.3. The van der Waals surface area contributed by atoms with Crippen molar-refractivity contribution in [3.8, 4) is 17.1 Å².